The van der Waals surface area contributed by atoms with Crippen molar-refractivity contribution in [1.29, 1.82) is 0 Å². The molecule has 436 valence electrons. The maximum atomic E-state index is 13.0. The molecule has 8 nitrogen and oxygen atoms in total. The zero-order valence-electron chi connectivity index (χ0n) is 49.7. The number of nitrogens with zero attached hydrogens (tertiary/aromatic N) is 1. The second-order valence-corrected chi connectivity index (χ2v) is 23.1. The summed E-state index contributed by atoms with van der Waals surface area (Å²) in [5.41, 5.74) is 0. The lowest BCUT2D eigenvalue weighted by Crippen LogP contribution is -2.45. The van der Waals surface area contributed by atoms with Crippen LogP contribution in [0.4, 0.5) is 0 Å². The van der Waals surface area contributed by atoms with Crippen LogP contribution in [0.15, 0.2) is 122 Å². The van der Waals surface area contributed by atoms with Crippen LogP contribution in [0, 0.1) is 0 Å². The van der Waals surface area contributed by atoms with E-state index in [0.29, 0.717) is 23.9 Å². The van der Waals surface area contributed by atoms with Crippen molar-refractivity contribution in [2.75, 3.05) is 40.9 Å². The molecule has 0 spiro atoms. The molecule has 76 heavy (non-hydrogen) atoms. The minimum absolute atomic E-state index is 0.0184. The van der Waals surface area contributed by atoms with Gasteiger partial charge < -0.3 is 28.8 Å². The van der Waals surface area contributed by atoms with Crippen LogP contribution in [0.1, 0.15) is 245 Å². The van der Waals surface area contributed by atoms with E-state index in [0.717, 1.165) is 96.3 Å². The normalized spacial score (nSPS) is 14.7. The second-order valence-electron chi connectivity index (χ2n) is 21.7. The van der Waals surface area contributed by atoms with Crippen molar-refractivity contribution in [2.24, 2.45) is 0 Å². The number of aliphatic hydroxyl groups excluding tert-OH is 1. The summed E-state index contributed by atoms with van der Waals surface area (Å²) >= 11 is 0. The molecular weight excluding hydrogens is 960 g/mol. The van der Waals surface area contributed by atoms with Gasteiger partial charge >= 0.3 is 0 Å². The molecule has 0 aliphatic carbocycles. The van der Waals surface area contributed by atoms with Gasteiger partial charge in [0.1, 0.15) is 13.2 Å². The highest BCUT2D eigenvalue weighted by atomic mass is 31.2. The van der Waals surface area contributed by atoms with E-state index in [1.54, 1.807) is 6.08 Å². The Balaban J connectivity index is 4.32. The first-order valence-electron chi connectivity index (χ1n) is 30.9. The van der Waals surface area contributed by atoms with Crippen molar-refractivity contribution < 1.29 is 32.9 Å². The fraction of sp³-hybridized carbons (Fsp3) is 0.687. The summed E-state index contributed by atoms with van der Waals surface area (Å²) in [6.07, 6.45) is 84.3. The van der Waals surface area contributed by atoms with Gasteiger partial charge in [-0.25, -0.2) is 0 Å². The summed E-state index contributed by atoms with van der Waals surface area (Å²) in [4.78, 5) is 25.5. The van der Waals surface area contributed by atoms with Crippen molar-refractivity contribution in [1.82, 2.24) is 5.32 Å². The lowest BCUT2D eigenvalue weighted by Gasteiger charge is -2.29. The molecule has 3 unspecified atom stereocenters. The number of amides is 1. The van der Waals surface area contributed by atoms with E-state index < -0.39 is 26.6 Å². The lowest BCUT2D eigenvalue weighted by molar-refractivity contribution is -0.870. The molecule has 0 saturated carbocycles. The number of aliphatic hydroxyl groups is 1. The van der Waals surface area contributed by atoms with Crippen molar-refractivity contribution in [3.05, 3.63) is 122 Å². The number of hydrogen-bond donors (Lipinski definition) is 2. The third kappa shape index (κ3) is 58.6. The van der Waals surface area contributed by atoms with Gasteiger partial charge in [0.05, 0.1) is 39.9 Å². The van der Waals surface area contributed by atoms with Crippen LogP contribution in [0.3, 0.4) is 0 Å². The van der Waals surface area contributed by atoms with Crippen LogP contribution in [-0.2, 0) is 18.4 Å². The Morgan fingerprint density at radius 3 is 1.22 bits per heavy atom. The predicted octanol–water partition coefficient (Wildman–Crippen LogP) is 18.7. The molecule has 0 aliphatic rings. The molecule has 0 rings (SSSR count). The average molecular weight is 1080 g/mol. The number of hydrogen-bond acceptors (Lipinski definition) is 6. The topological polar surface area (TPSA) is 108 Å². The van der Waals surface area contributed by atoms with E-state index in [2.05, 4.69) is 129 Å². The fourth-order valence-electron chi connectivity index (χ4n) is 8.36. The van der Waals surface area contributed by atoms with Gasteiger partial charge in [-0.2, -0.15) is 0 Å². The van der Waals surface area contributed by atoms with Crippen LogP contribution in [-0.4, -0.2) is 68.5 Å². The Morgan fingerprint density at radius 1 is 0.474 bits per heavy atom. The van der Waals surface area contributed by atoms with Crippen LogP contribution < -0.4 is 10.2 Å². The van der Waals surface area contributed by atoms with Crippen molar-refractivity contribution in [3.8, 4) is 0 Å². The summed E-state index contributed by atoms with van der Waals surface area (Å²) in [5, 5.41) is 13.9. The summed E-state index contributed by atoms with van der Waals surface area (Å²) in [7, 11) is 1.21. The molecule has 9 heteroatoms. The predicted molar refractivity (Wildman–Crippen MR) is 329 cm³/mol. The first kappa shape index (κ1) is 72.9. The number of phosphoric acid groups is 1. The number of unbranched alkanes of at least 4 members (excludes halogenated alkanes) is 24. The molecule has 1 amide bonds. The molecule has 3 atom stereocenters. The van der Waals surface area contributed by atoms with E-state index >= 15 is 0 Å². The zero-order chi connectivity index (χ0) is 55.6. The van der Waals surface area contributed by atoms with Gasteiger partial charge in [0.25, 0.3) is 7.82 Å². The maximum absolute atomic E-state index is 13.0. The molecule has 0 heterocycles. The Bertz CT molecular complexity index is 1650. The number of nitrogens with one attached hydrogen (secondary N) is 1. The van der Waals surface area contributed by atoms with Crippen LogP contribution >= 0.6 is 7.82 Å². The number of likely N-dealkylation sites (N-methyl/N-ethyl adjacent to an activating group) is 1. The Labute approximate surface area is 469 Å². The van der Waals surface area contributed by atoms with Crippen LogP contribution in [0.2, 0.25) is 0 Å². The van der Waals surface area contributed by atoms with Crippen LogP contribution in [0.5, 0.6) is 0 Å². The molecule has 0 bridgehead atoms. The van der Waals surface area contributed by atoms with Gasteiger partial charge in [-0.05, 0) is 96.3 Å². The largest absolute Gasteiger partial charge is 0.756 e. The number of phosphoric ester groups is 1. The number of allylic oxidation sites excluding steroid dienone is 19. The molecule has 0 aromatic rings. The fourth-order valence-corrected chi connectivity index (χ4v) is 9.08. The highest BCUT2D eigenvalue weighted by Gasteiger charge is 2.23. The van der Waals surface area contributed by atoms with Crippen LogP contribution in [0.25, 0.3) is 0 Å². The minimum Gasteiger partial charge on any atom is -0.756 e. The Hall–Kier alpha value is -3.10. The monoisotopic (exact) mass is 1080 g/mol. The Morgan fingerprint density at radius 2 is 0.816 bits per heavy atom. The first-order chi connectivity index (χ1) is 37.0. The molecule has 0 saturated heterocycles. The van der Waals surface area contributed by atoms with E-state index in [9.17, 15) is 19.4 Å². The second kappa shape index (κ2) is 56.6. The van der Waals surface area contributed by atoms with Gasteiger partial charge in [0.15, 0.2) is 0 Å². The Kier molecular flexibility index (Phi) is 54.3. The molecule has 0 aromatic heterocycles. The highest BCUT2D eigenvalue weighted by Crippen LogP contribution is 2.38. The lowest BCUT2D eigenvalue weighted by atomic mass is 10.0. The molecule has 0 fully saturated rings. The maximum Gasteiger partial charge on any atom is 0.268 e. The quantitative estimate of drug-likeness (QED) is 0.0272. The van der Waals surface area contributed by atoms with Crippen molar-refractivity contribution >= 4 is 13.7 Å². The number of rotatable bonds is 55. The first-order valence-corrected chi connectivity index (χ1v) is 32.4. The van der Waals surface area contributed by atoms with Crippen molar-refractivity contribution in [3.63, 3.8) is 0 Å². The summed E-state index contributed by atoms with van der Waals surface area (Å²) in [5.74, 6) is -0.235. The highest BCUT2D eigenvalue weighted by molar-refractivity contribution is 7.45. The van der Waals surface area contributed by atoms with Gasteiger partial charge in [0.2, 0.25) is 5.91 Å². The summed E-state index contributed by atoms with van der Waals surface area (Å²) in [6, 6.07) is -0.928. The van der Waals surface area contributed by atoms with E-state index in [-0.39, 0.29) is 12.5 Å². The number of carbonyl (C=O) groups excluding carboxylic acids is 1. The van der Waals surface area contributed by atoms with Gasteiger partial charge in [-0.1, -0.05) is 264 Å². The van der Waals surface area contributed by atoms with E-state index in [4.69, 9.17) is 9.05 Å². The van der Waals surface area contributed by atoms with Gasteiger partial charge in [-0.3, -0.25) is 9.36 Å². The SMILES string of the molecule is CC/C=C\C/C=C\C/C=C\C/C=C\C/C=C\C/C=C\C/C=C\C/C=C\CCCCCCC(=O)NC(COP(=O)([O-])OCC[N+](C)(C)C)C(O)/C=C/CC/C=C/CCCCCCCCCCCCCCCCCCCCC. The molecular formula is C67H117N2O6P. The minimum atomic E-state index is -4.63. The number of carbonyl (C=O) groups is 1. The molecule has 2 N–H and O–H groups in total. The third-order valence-electron chi connectivity index (χ3n) is 13.2. The standard InChI is InChI=1S/C67H117N2O6P/c1-6-8-10-12-14-16-18-20-22-24-26-28-30-32-33-34-35-37-39-41-43-45-47-49-51-53-55-57-59-61-67(71)68-65(64-75-76(72,73)74-63-62-69(3,4)5)66(70)60-58-56-54-52-50-48-46-44-42-40-38-36-31-29-27-25-23-21-19-17-15-13-11-9-7-2/h8,10,14,16,20,22,26,28,32-33,35,37,41,43,47,49-50,52,58,60,65-66,70H,6-7,9,11-13,15,17-19,21,23-25,27,29-31,34,36,38-40,42,44-46,48,51,53-57,59,61-64H2,1-5H3,(H-,68,71,72,73)/b10-8-,16-14-,22-20-,28-26-,33-32-,37-35-,43-41-,49-47-,52-50+,60-58+. The molecule has 0 aliphatic heterocycles. The van der Waals surface area contributed by atoms with Crippen molar-refractivity contribution in [2.45, 2.75) is 257 Å². The summed E-state index contributed by atoms with van der Waals surface area (Å²) in [6.45, 7) is 4.50. The molecule has 0 radical (unpaired) electrons. The average Bonchev–Trinajstić information content (AvgIpc) is 3.38. The van der Waals surface area contributed by atoms with E-state index in [1.165, 1.54) is 122 Å². The zero-order valence-corrected chi connectivity index (χ0v) is 50.6. The van der Waals surface area contributed by atoms with Gasteiger partial charge in [0, 0.05) is 6.42 Å². The van der Waals surface area contributed by atoms with Gasteiger partial charge in [-0.15, -0.1) is 0 Å². The van der Waals surface area contributed by atoms with E-state index in [1.807, 2.05) is 27.2 Å². The third-order valence-corrected chi connectivity index (χ3v) is 14.1. The molecule has 0 aromatic carbocycles. The number of quaternary nitrogens is 1. The smallest absolute Gasteiger partial charge is 0.268 e. The summed E-state index contributed by atoms with van der Waals surface area (Å²) < 4.78 is 23.4.